The molecule has 1 saturated heterocycles. The van der Waals surface area contributed by atoms with Crippen molar-refractivity contribution in [3.05, 3.63) is 35.9 Å². The van der Waals surface area contributed by atoms with Crippen LogP contribution in [0.25, 0.3) is 0 Å². The van der Waals surface area contributed by atoms with Crippen molar-refractivity contribution in [1.82, 2.24) is 4.90 Å². The molecule has 37 heavy (non-hydrogen) atoms. The lowest BCUT2D eigenvalue weighted by Crippen LogP contribution is -2.48. The zero-order chi connectivity index (χ0) is 28.0. The third-order valence-electron chi connectivity index (χ3n) is 8.01. The molecule has 0 unspecified atom stereocenters. The minimum absolute atomic E-state index is 0.00862. The first kappa shape index (κ1) is 31.9. The second kappa shape index (κ2) is 13.6. The van der Waals surface area contributed by atoms with E-state index in [1.807, 2.05) is 39.0 Å². The Labute approximate surface area is 231 Å². The van der Waals surface area contributed by atoms with Crippen molar-refractivity contribution in [3.63, 3.8) is 0 Å². The molecule has 210 valence electrons. The molecule has 0 aliphatic carbocycles. The predicted molar refractivity (Wildman–Crippen MR) is 156 cm³/mol. The Balaban J connectivity index is 2.07. The lowest BCUT2D eigenvalue weighted by molar-refractivity contribution is -0.132. The van der Waals surface area contributed by atoms with E-state index in [0.29, 0.717) is 13.2 Å². The van der Waals surface area contributed by atoms with Crippen molar-refractivity contribution >= 4 is 31.6 Å². The first-order valence-electron chi connectivity index (χ1n) is 13.6. The number of hydrogen-bond donors (Lipinski definition) is 1. The number of thiocarbonyl (C=S) groups is 1. The summed E-state index contributed by atoms with van der Waals surface area (Å²) < 4.78 is 18.4. The summed E-state index contributed by atoms with van der Waals surface area (Å²) in [5.41, 5.74) is 1.15. The molecule has 0 radical (unpaired) electrons. The Hall–Kier alpha value is -1.32. The van der Waals surface area contributed by atoms with Gasteiger partial charge in [-0.25, -0.2) is 0 Å². The number of ether oxygens (including phenoxy) is 2. The number of nitrogens with zero attached hydrogens (tertiary/aromatic N) is 1. The van der Waals surface area contributed by atoms with Crippen molar-refractivity contribution in [2.75, 3.05) is 6.61 Å². The quantitative estimate of drug-likeness (QED) is 0.229. The Morgan fingerprint density at radius 3 is 2.35 bits per heavy atom. The molecule has 6 nitrogen and oxygen atoms in total. The smallest absolute Gasteiger partial charge is 0.266 e. The van der Waals surface area contributed by atoms with Crippen LogP contribution in [0.15, 0.2) is 30.3 Å². The molecular weight excluding hydrogens is 502 g/mol. The second-order valence-corrected chi connectivity index (χ2v) is 17.5. The summed E-state index contributed by atoms with van der Waals surface area (Å²) in [7, 11) is -2.11. The van der Waals surface area contributed by atoms with Crippen molar-refractivity contribution in [1.29, 1.82) is 0 Å². The lowest BCUT2D eigenvalue weighted by Gasteiger charge is -2.42. The minimum Gasteiger partial charge on any atom is -0.468 e. The fourth-order valence-electron chi connectivity index (χ4n) is 4.20. The minimum atomic E-state index is -2.11. The van der Waals surface area contributed by atoms with Crippen molar-refractivity contribution < 1.29 is 23.8 Å². The van der Waals surface area contributed by atoms with Gasteiger partial charge in [-0.05, 0) is 61.6 Å². The van der Waals surface area contributed by atoms with Crippen LogP contribution in [0.2, 0.25) is 18.1 Å². The SMILES string of the molecule is CC(C)[C@H]1COC(=S)N1C(=O)C[C@@H](O)[C@@H](C)[C@@H](CC[C@@H](C)OCc1ccccc1)O[Si](C)(C)C(C)(C)C. The maximum absolute atomic E-state index is 13.2. The average molecular weight is 552 g/mol. The van der Waals surface area contributed by atoms with Gasteiger partial charge in [0, 0.05) is 5.92 Å². The standard InChI is InChI=1S/C29H49NO5SSi/c1-20(2)24-19-34-28(36)30(24)27(32)17-25(31)22(4)26(35-37(8,9)29(5,6)7)16-15-21(3)33-18-23-13-11-10-12-14-23/h10-14,20-22,24-26,31H,15-19H2,1-9H3/t21-,22-,24-,25-,26-/m1/s1. The van der Waals surface area contributed by atoms with Crippen LogP contribution >= 0.6 is 12.2 Å². The fraction of sp³-hybridized carbons (Fsp3) is 0.724. The summed E-state index contributed by atoms with van der Waals surface area (Å²) in [6.07, 6.45) is 0.548. The molecule has 1 aliphatic rings. The van der Waals surface area contributed by atoms with Gasteiger partial charge >= 0.3 is 0 Å². The molecule has 5 atom stereocenters. The van der Waals surface area contributed by atoms with Crippen molar-refractivity contribution in [2.24, 2.45) is 11.8 Å². The number of amides is 1. The lowest BCUT2D eigenvalue weighted by atomic mass is 9.91. The number of rotatable bonds is 13. The Kier molecular flexibility index (Phi) is 11.8. The molecule has 0 bridgehead atoms. The van der Waals surface area contributed by atoms with E-state index >= 15 is 0 Å². The maximum atomic E-state index is 13.2. The summed E-state index contributed by atoms with van der Waals surface area (Å²) in [6.45, 7) is 20.2. The van der Waals surface area contributed by atoms with Crippen LogP contribution in [0.4, 0.5) is 0 Å². The molecule has 1 amide bonds. The molecule has 0 aromatic heterocycles. The predicted octanol–water partition coefficient (Wildman–Crippen LogP) is 6.32. The van der Waals surface area contributed by atoms with Crippen LogP contribution in [-0.4, -0.2) is 60.4 Å². The van der Waals surface area contributed by atoms with E-state index in [1.165, 1.54) is 0 Å². The molecule has 1 heterocycles. The number of benzene rings is 1. The maximum Gasteiger partial charge on any atom is 0.266 e. The van der Waals surface area contributed by atoms with Gasteiger partial charge in [0.2, 0.25) is 5.91 Å². The summed E-state index contributed by atoms with van der Waals surface area (Å²) in [6, 6.07) is 10.1. The van der Waals surface area contributed by atoms with E-state index in [1.54, 1.807) is 4.90 Å². The van der Waals surface area contributed by atoms with Gasteiger partial charge in [0.05, 0.1) is 37.4 Å². The molecule has 0 spiro atoms. The summed E-state index contributed by atoms with van der Waals surface area (Å²) in [5, 5.41) is 11.5. The van der Waals surface area contributed by atoms with E-state index in [9.17, 15) is 9.90 Å². The highest BCUT2D eigenvalue weighted by molar-refractivity contribution is 7.80. The molecule has 1 aliphatic heterocycles. The van der Waals surface area contributed by atoms with Crippen LogP contribution in [-0.2, 0) is 25.3 Å². The summed E-state index contributed by atoms with van der Waals surface area (Å²) >= 11 is 5.29. The van der Waals surface area contributed by atoms with Crippen LogP contribution in [0.5, 0.6) is 0 Å². The fourth-order valence-corrected chi connectivity index (χ4v) is 5.95. The Morgan fingerprint density at radius 2 is 1.78 bits per heavy atom. The molecular formula is C29H49NO5SSi. The highest BCUT2D eigenvalue weighted by Gasteiger charge is 2.42. The van der Waals surface area contributed by atoms with Crippen LogP contribution in [0.1, 0.15) is 73.3 Å². The van der Waals surface area contributed by atoms with Crippen LogP contribution in [0, 0.1) is 11.8 Å². The molecule has 2 rings (SSSR count). The zero-order valence-corrected chi connectivity index (χ0v) is 26.1. The van der Waals surface area contributed by atoms with Gasteiger partial charge < -0.3 is 19.0 Å². The van der Waals surface area contributed by atoms with E-state index in [0.717, 1.165) is 18.4 Å². The molecule has 1 aromatic rings. The number of hydrogen-bond acceptors (Lipinski definition) is 6. The molecule has 1 fully saturated rings. The normalized spacial score (nSPS) is 20.0. The third kappa shape index (κ3) is 9.13. The van der Waals surface area contributed by atoms with Crippen molar-refractivity contribution in [3.8, 4) is 0 Å². The van der Waals surface area contributed by atoms with Crippen molar-refractivity contribution in [2.45, 2.75) is 117 Å². The monoisotopic (exact) mass is 551 g/mol. The van der Waals surface area contributed by atoms with Crippen LogP contribution < -0.4 is 0 Å². The Morgan fingerprint density at radius 1 is 1.16 bits per heavy atom. The van der Waals surface area contributed by atoms with Gasteiger partial charge in [0.15, 0.2) is 8.32 Å². The van der Waals surface area contributed by atoms with Gasteiger partial charge in [-0.15, -0.1) is 0 Å². The van der Waals surface area contributed by atoms with Gasteiger partial charge in [-0.2, -0.15) is 0 Å². The topological polar surface area (TPSA) is 68.2 Å². The molecule has 1 N–H and O–H groups in total. The molecule has 1 aromatic carbocycles. The highest BCUT2D eigenvalue weighted by atomic mass is 32.1. The number of aliphatic hydroxyl groups excluding tert-OH is 1. The highest BCUT2D eigenvalue weighted by Crippen LogP contribution is 2.39. The molecule has 8 heteroatoms. The van der Waals surface area contributed by atoms with Crippen LogP contribution in [0.3, 0.4) is 0 Å². The van der Waals surface area contributed by atoms with Gasteiger partial charge in [0.1, 0.15) is 6.61 Å². The van der Waals surface area contributed by atoms with E-state index in [2.05, 4.69) is 52.9 Å². The van der Waals surface area contributed by atoms with Gasteiger partial charge in [-0.1, -0.05) is 71.9 Å². The zero-order valence-electron chi connectivity index (χ0n) is 24.3. The number of carbonyl (C=O) groups is 1. The Bertz CT molecular complexity index is 873. The third-order valence-corrected chi connectivity index (χ3v) is 12.8. The number of aliphatic hydroxyl groups is 1. The summed E-state index contributed by atoms with van der Waals surface area (Å²) in [5.74, 6) is -0.203. The number of carbonyl (C=O) groups excluding carboxylic acids is 1. The van der Waals surface area contributed by atoms with E-state index in [-0.39, 0.29) is 52.6 Å². The summed E-state index contributed by atoms with van der Waals surface area (Å²) in [4.78, 5) is 14.7. The second-order valence-electron chi connectivity index (χ2n) is 12.4. The first-order chi connectivity index (χ1) is 17.1. The van der Waals surface area contributed by atoms with E-state index in [4.69, 9.17) is 26.1 Å². The van der Waals surface area contributed by atoms with Gasteiger partial charge in [0.25, 0.3) is 5.17 Å². The largest absolute Gasteiger partial charge is 0.468 e. The first-order valence-corrected chi connectivity index (χ1v) is 17.0. The van der Waals surface area contributed by atoms with Gasteiger partial charge in [-0.3, -0.25) is 9.69 Å². The van der Waals surface area contributed by atoms with E-state index < -0.39 is 14.4 Å². The average Bonchev–Trinajstić information content (AvgIpc) is 3.21. The molecule has 0 saturated carbocycles.